The van der Waals surface area contributed by atoms with Crippen LogP contribution in [0.5, 0.6) is 0 Å². The lowest BCUT2D eigenvalue weighted by Crippen LogP contribution is -2.49. The van der Waals surface area contributed by atoms with Crippen LogP contribution >= 0.6 is 0 Å². The minimum atomic E-state index is -0.386. The van der Waals surface area contributed by atoms with Gasteiger partial charge in [0.1, 0.15) is 5.60 Å². The summed E-state index contributed by atoms with van der Waals surface area (Å²) in [4.78, 5) is 11.4. The summed E-state index contributed by atoms with van der Waals surface area (Å²) in [7, 11) is 0. The Hall–Kier alpha value is -0.730. The Morgan fingerprint density at radius 1 is 1.40 bits per heavy atom. The molecular formula is C12H21NO2. The molecule has 0 spiro atoms. The molecule has 3 nitrogen and oxygen atoms in total. The van der Waals surface area contributed by atoms with Gasteiger partial charge in [0.15, 0.2) is 0 Å². The largest absolute Gasteiger partial charge is 0.444 e. The molecule has 3 unspecified atom stereocenters. The molecule has 3 heteroatoms. The van der Waals surface area contributed by atoms with Gasteiger partial charge < -0.3 is 10.1 Å². The van der Waals surface area contributed by atoms with E-state index in [1.54, 1.807) is 0 Å². The quantitative estimate of drug-likeness (QED) is 0.762. The van der Waals surface area contributed by atoms with E-state index in [2.05, 4.69) is 5.32 Å². The molecule has 1 N–H and O–H groups in total. The number of alkyl carbamates (subject to hydrolysis) is 1. The first-order chi connectivity index (χ1) is 6.96. The van der Waals surface area contributed by atoms with Gasteiger partial charge in [-0.05, 0) is 57.8 Å². The minimum absolute atomic E-state index is 0.273. The fourth-order valence-corrected chi connectivity index (χ4v) is 2.64. The maximum atomic E-state index is 11.4. The SMILES string of the molecule is CC(C)(C)OC(=O)NCC1CC2CCC21. The lowest BCUT2D eigenvalue weighted by atomic mass is 9.53. The van der Waals surface area contributed by atoms with E-state index in [-0.39, 0.29) is 11.7 Å². The summed E-state index contributed by atoms with van der Waals surface area (Å²) in [5, 5.41) is 2.86. The fraction of sp³-hybridized carbons (Fsp3) is 0.917. The number of amides is 1. The van der Waals surface area contributed by atoms with Crippen LogP contribution in [0.4, 0.5) is 4.79 Å². The molecule has 2 saturated carbocycles. The third-order valence-corrected chi connectivity index (χ3v) is 3.59. The van der Waals surface area contributed by atoms with Crippen LogP contribution in [-0.2, 0) is 4.74 Å². The van der Waals surface area contributed by atoms with E-state index in [4.69, 9.17) is 4.74 Å². The van der Waals surface area contributed by atoms with Crippen LogP contribution in [0.2, 0.25) is 0 Å². The Kier molecular flexibility index (Phi) is 2.65. The van der Waals surface area contributed by atoms with Crippen LogP contribution in [0, 0.1) is 17.8 Å². The zero-order valence-corrected chi connectivity index (χ0v) is 9.88. The molecule has 0 saturated heterocycles. The van der Waals surface area contributed by atoms with Crippen molar-refractivity contribution in [2.75, 3.05) is 6.54 Å². The van der Waals surface area contributed by atoms with E-state index in [1.165, 1.54) is 19.3 Å². The van der Waals surface area contributed by atoms with Crippen LogP contribution in [0.25, 0.3) is 0 Å². The van der Waals surface area contributed by atoms with Crippen LogP contribution in [-0.4, -0.2) is 18.2 Å². The molecule has 2 aliphatic carbocycles. The number of carbonyl (C=O) groups excluding carboxylic acids is 1. The number of ether oxygens (including phenoxy) is 1. The average molecular weight is 211 g/mol. The maximum Gasteiger partial charge on any atom is 0.407 e. The highest BCUT2D eigenvalue weighted by Gasteiger charge is 2.46. The van der Waals surface area contributed by atoms with Crippen molar-refractivity contribution in [3.05, 3.63) is 0 Å². The Balaban J connectivity index is 1.63. The van der Waals surface area contributed by atoms with Gasteiger partial charge in [-0.2, -0.15) is 0 Å². The molecule has 0 radical (unpaired) electrons. The summed E-state index contributed by atoms with van der Waals surface area (Å²) in [6, 6.07) is 0. The highest BCUT2D eigenvalue weighted by Crippen LogP contribution is 2.53. The Bertz CT molecular complexity index is 257. The highest BCUT2D eigenvalue weighted by molar-refractivity contribution is 5.67. The molecule has 2 fully saturated rings. The van der Waals surface area contributed by atoms with Crippen molar-refractivity contribution >= 4 is 6.09 Å². The summed E-state index contributed by atoms with van der Waals surface area (Å²) in [6.45, 7) is 6.46. The lowest BCUT2D eigenvalue weighted by molar-refractivity contribution is -0.0256. The standard InChI is InChI=1S/C12H21NO2/c1-12(2,3)15-11(14)13-7-9-6-8-4-5-10(8)9/h8-10H,4-7H2,1-3H3,(H,13,14). The first-order valence-corrected chi connectivity index (χ1v) is 5.92. The van der Waals surface area contributed by atoms with Crippen molar-refractivity contribution < 1.29 is 9.53 Å². The molecule has 0 aromatic carbocycles. The van der Waals surface area contributed by atoms with Crippen molar-refractivity contribution in [2.45, 2.75) is 45.6 Å². The van der Waals surface area contributed by atoms with Gasteiger partial charge in [-0.15, -0.1) is 0 Å². The number of rotatable bonds is 2. The minimum Gasteiger partial charge on any atom is -0.444 e. The molecule has 0 heterocycles. The van der Waals surface area contributed by atoms with Crippen molar-refractivity contribution in [1.29, 1.82) is 0 Å². The molecule has 0 bridgehead atoms. The number of hydrogen-bond acceptors (Lipinski definition) is 2. The molecule has 2 rings (SSSR count). The van der Waals surface area contributed by atoms with Crippen LogP contribution in [0.15, 0.2) is 0 Å². The summed E-state index contributed by atoms with van der Waals surface area (Å²) in [6.07, 6.45) is 3.81. The maximum absolute atomic E-state index is 11.4. The van der Waals surface area contributed by atoms with E-state index in [0.29, 0.717) is 0 Å². The molecule has 15 heavy (non-hydrogen) atoms. The summed E-state index contributed by atoms with van der Waals surface area (Å²) < 4.78 is 5.19. The van der Waals surface area contributed by atoms with E-state index in [0.717, 1.165) is 24.3 Å². The zero-order chi connectivity index (χ0) is 11.1. The predicted molar refractivity (Wildman–Crippen MR) is 58.6 cm³/mol. The molecule has 0 aromatic heterocycles. The van der Waals surface area contributed by atoms with E-state index >= 15 is 0 Å². The fourth-order valence-electron chi connectivity index (χ4n) is 2.64. The van der Waals surface area contributed by atoms with Crippen molar-refractivity contribution in [3.8, 4) is 0 Å². The van der Waals surface area contributed by atoms with Gasteiger partial charge in [0, 0.05) is 6.54 Å². The zero-order valence-electron chi connectivity index (χ0n) is 9.88. The van der Waals surface area contributed by atoms with Crippen LogP contribution < -0.4 is 5.32 Å². The van der Waals surface area contributed by atoms with E-state index in [9.17, 15) is 4.79 Å². The molecule has 0 aromatic rings. The number of nitrogens with one attached hydrogen (secondary N) is 1. The predicted octanol–water partition coefficient (Wildman–Crippen LogP) is 2.56. The van der Waals surface area contributed by atoms with Crippen LogP contribution in [0.3, 0.4) is 0 Å². The van der Waals surface area contributed by atoms with Gasteiger partial charge in [-0.1, -0.05) is 0 Å². The molecule has 1 amide bonds. The van der Waals surface area contributed by atoms with Crippen molar-refractivity contribution in [1.82, 2.24) is 5.32 Å². The Labute approximate surface area is 91.6 Å². The van der Waals surface area contributed by atoms with E-state index in [1.807, 2.05) is 20.8 Å². The first kappa shape index (κ1) is 10.8. The molecule has 3 atom stereocenters. The van der Waals surface area contributed by atoms with Gasteiger partial charge in [-0.3, -0.25) is 0 Å². The first-order valence-electron chi connectivity index (χ1n) is 5.92. The van der Waals surface area contributed by atoms with Crippen molar-refractivity contribution in [3.63, 3.8) is 0 Å². The third-order valence-electron chi connectivity index (χ3n) is 3.59. The number of hydrogen-bond donors (Lipinski definition) is 1. The van der Waals surface area contributed by atoms with Crippen molar-refractivity contribution in [2.24, 2.45) is 17.8 Å². The topological polar surface area (TPSA) is 38.3 Å². The summed E-state index contributed by atoms with van der Waals surface area (Å²) in [5.41, 5.74) is -0.386. The average Bonchev–Trinajstić information content (AvgIpc) is 2.04. The Morgan fingerprint density at radius 3 is 2.53 bits per heavy atom. The van der Waals surface area contributed by atoms with Gasteiger partial charge in [0.25, 0.3) is 0 Å². The van der Waals surface area contributed by atoms with Gasteiger partial charge in [0.2, 0.25) is 0 Å². The monoisotopic (exact) mass is 211 g/mol. The second-order valence-corrected chi connectivity index (χ2v) is 5.88. The molecular weight excluding hydrogens is 190 g/mol. The highest BCUT2D eigenvalue weighted by atomic mass is 16.6. The normalized spacial score (nSPS) is 33.4. The molecule has 0 aliphatic heterocycles. The third kappa shape index (κ3) is 2.44. The smallest absolute Gasteiger partial charge is 0.407 e. The summed E-state index contributed by atoms with van der Waals surface area (Å²) in [5.74, 6) is 2.60. The number of carbonyl (C=O) groups is 1. The molecule has 86 valence electrons. The Morgan fingerprint density at radius 2 is 2.13 bits per heavy atom. The molecule has 2 aliphatic rings. The second-order valence-electron chi connectivity index (χ2n) is 5.88. The summed E-state index contributed by atoms with van der Waals surface area (Å²) >= 11 is 0. The van der Waals surface area contributed by atoms with E-state index < -0.39 is 0 Å². The van der Waals surface area contributed by atoms with Gasteiger partial charge in [0.05, 0.1) is 0 Å². The second kappa shape index (κ2) is 3.69. The number of fused-ring (bicyclic) bond motifs is 1. The van der Waals surface area contributed by atoms with Gasteiger partial charge in [-0.25, -0.2) is 4.79 Å². The lowest BCUT2D eigenvalue weighted by Gasteiger charge is -2.53. The van der Waals surface area contributed by atoms with Crippen LogP contribution in [0.1, 0.15) is 40.0 Å². The van der Waals surface area contributed by atoms with Gasteiger partial charge >= 0.3 is 6.09 Å².